The van der Waals surface area contributed by atoms with Gasteiger partial charge in [0.2, 0.25) is 0 Å². The first-order valence-electron chi connectivity index (χ1n) is 6.08. The monoisotopic (exact) mass is 273 g/mol. The normalized spacial score (nSPS) is 15.5. The number of nitrogens with two attached hydrogens (primary N) is 1. The number of aliphatic hydroxyl groups excluding tert-OH is 1. The van der Waals surface area contributed by atoms with Crippen molar-refractivity contribution in [3.63, 3.8) is 0 Å². The van der Waals surface area contributed by atoms with Crippen molar-refractivity contribution in [3.05, 3.63) is 34.6 Å². The van der Waals surface area contributed by atoms with Crippen molar-refractivity contribution in [1.82, 2.24) is 0 Å². The third-order valence-electron chi connectivity index (χ3n) is 2.91. The molecule has 2 nitrogen and oxygen atoms in total. The van der Waals surface area contributed by atoms with E-state index in [9.17, 15) is 9.50 Å². The molecular formula is C14H21ClFNO. The molecular weight excluding hydrogens is 253 g/mol. The average molecular weight is 274 g/mol. The fourth-order valence-corrected chi connectivity index (χ4v) is 2.41. The van der Waals surface area contributed by atoms with Gasteiger partial charge in [-0.05, 0) is 24.0 Å². The highest BCUT2D eigenvalue weighted by Gasteiger charge is 2.28. The molecule has 0 aliphatic carbocycles. The largest absolute Gasteiger partial charge is 0.392 e. The summed E-state index contributed by atoms with van der Waals surface area (Å²) >= 11 is 6.01. The highest BCUT2D eigenvalue weighted by molar-refractivity contribution is 6.31. The smallest absolute Gasteiger partial charge is 0.128 e. The number of rotatable bonds is 4. The van der Waals surface area contributed by atoms with E-state index in [2.05, 4.69) is 0 Å². The number of aliphatic hydroxyl groups is 1. The predicted molar refractivity (Wildman–Crippen MR) is 73.3 cm³/mol. The van der Waals surface area contributed by atoms with Crippen LogP contribution in [0.25, 0.3) is 0 Å². The second-order valence-corrected chi connectivity index (χ2v) is 6.22. The van der Waals surface area contributed by atoms with Crippen molar-refractivity contribution >= 4 is 11.6 Å². The molecule has 3 N–H and O–H groups in total. The number of hydrogen-bond donors (Lipinski definition) is 2. The summed E-state index contributed by atoms with van der Waals surface area (Å²) in [7, 11) is 0. The standard InChI is InChI=1S/C14H21ClFNO/c1-14(2,3)7-12(18)9(8-17)13-10(15)5-4-6-11(13)16/h4-6,9,12,18H,7-8,17H2,1-3H3. The van der Waals surface area contributed by atoms with Gasteiger partial charge in [-0.15, -0.1) is 0 Å². The second-order valence-electron chi connectivity index (χ2n) is 5.81. The van der Waals surface area contributed by atoms with Crippen molar-refractivity contribution in [1.29, 1.82) is 0 Å². The fourth-order valence-electron chi connectivity index (χ4n) is 2.10. The van der Waals surface area contributed by atoms with Crippen LogP contribution in [0.3, 0.4) is 0 Å². The molecule has 4 heteroatoms. The van der Waals surface area contributed by atoms with E-state index in [0.29, 0.717) is 17.0 Å². The molecule has 2 unspecified atom stereocenters. The van der Waals surface area contributed by atoms with Crippen molar-refractivity contribution in [2.75, 3.05) is 6.54 Å². The minimum absolute atomic E-state index is 0.0510. The van der Waals surface area contributed by atoms with Crippen molar-refractivity contribution in [2.24, 2.45) is 11.1 Å². The molecule has 0 aliphatic rings. The molecule has 0 fully saturated rings. The second kappa shape index (κ2) is 6.00. The van der Waals surface area contributed by atoms with Crippen LogP contribution in [0.1, 0.15) is 38.7 Å². The fraction of sp³-hybridized carbons (Fsp3) is 0.571. The van der Waals surface area contributed by atoms with Crippen LogP contribution >= 0.6 is 11.6 Å². The molecule has 0 saturated heterocycles. The summed E-state index contributed by atoms with van der Waals surface area (Å²) < 4.78 is 13.8. The summed E-state index contributed by atoms with van der Waals surface area (Å²) in [5, 5.41) is 10.6. The van der Waals surface area contributed by atoms with E-state index in [0.717, 1.165) is 0 Å². The maximum atomic E-state index is 13.8. The molecule has 0 aromatic heterocycles. The Morgan fingerprint density at radius 1 is 1.39 bits per heavy atom. The van der Waals surface area contributed by atoms with Gasteiger partial charge in [-0.3, -0.25) is 0 Å². The topological polar surface area (TPSA) is 46.2 Å². The van der Waals surface area contributed by atoms with Gasteiger partial charge >= 0.3 is 0 Å². The minimum Gasteiger partial charge on any atom is -0.392 e. The van der Waals surface area contributed by atoms with E-state index in [1.54, 1.807) is 12.1 Å². The third kappa shape index (κ3) is 3.94. The lowest BCUT2D eigenvalue weighted by molar-refractivity contribution is 0.0960. The molecule has 0 spiro atoms. The lowest BCUT2D eigenvalue weighted by Gasteiger charge is -2.29. The van der Waals surface area contributed by atoms with Gasteiger partial charge in [0, 0.05) is 23.0 Å². The highest BCUT2D eigenvalue weighted by Crippen LogP contribution is 2.33. The van der Waals surface area contributed by atoms with Gasteiger partial charge in [-0.25, -0.2) is 4.39 Å². The van der Waals surface area contributed by atoms with E-state index in [4.69, 9.17) is 17.3 Å². The lowest BCUT2D eigenvalue weighted by atomic mass is 9.82. The van der Waals surface area contributed by atoms with Gasteiger partial charge in [0.25, 0.3) is 0 Å². The van der Waals surface area contributed by atoms with Gasteiger partial charge in [-0.1, -0.05) is 38.4 Å². The quantitative estimate of drug-likeness (QED) is 0.884. The van der Waals surface area contributed by atoms with Crippen molar-refractivity contribution in [3.8, 4) is 0 Å². The Morgan fingerprint density at radius 2 is 2.00 bits per heavy atom. The molecule has 0 bridgehead atoms. The van der Waals surface area contributed by atoms with Gasteiger partial charge in [0.15, 0.2) is 0 Å². The number of benzene rings is 1. The zero-order chi connectivity index (χ0) is 13.9. The summed E-state index contributed by atoms with van der Waals surface area (Å²) in [6.07, 6.45) is -0.163. The molecule has 0 amide bonds. The zero-order valence-electron chi connectivity index (χ0n) is 11.1. The molecule has 1 rings (SSSR count). The van der Waals surface area contributed by atoms with E-state index < -0.39 is 17.8 Å². The number of hydrogen-bond acceptors (Lipinski definition) is 2. The van der Waals surface area contributed by atoms with Gasteiger partial charge in [0.05, 0.1) is 6.10 Å². The summed E-state index contributed by atoms with van der Waals surface area (Å²) in [5.41, 5.74) is 5.94. The molecule has 1 aromatic rings. The Balaban J connectivity index is 3.03. The third-order valence-corrected chi connectivity index (χ3v) is 3.24. The predicted octanol–water partition coefficient (Wildman–Crippen LogP) is 3.32. The van der Waals surface area contributed by atoms with Crippen LogP contribution in [0.2, 0.25) is 5.02 Å². The summed E-state index contributed by atoms with van der Waals surface area (Å²) in [6.45, 7) is 6.23. The molecule has 1 aromatic carbocycles. The molecule has 0 heterocycles. The van der Waals surface area contributed by atoms with E-state index in [1.165, 1.54) is 6.07 Å². The maximum Gasteiger partial charge on any atom is 0.128 e. The minimum atomic E-state index is -0.704. The van der Waals surface area contributed by atoms with E-state index >= 15 is 0 Å². The molecule has 0 saturated carbocycles. The van der Waals surface area contributed by atoms with Crippen molar-refractivity contribution < 1.29 is 9.50 Å². The Kier molecular flexibility index (Phi) is 5.14. The summed E-state index contributed by atoms with van der Waals surface area (Å²) in [5.74, 6) is -0.885. The maximum absolute atomic E-state index is 13.8. The van der Waals surface area contributed by atoms with E-state index in [-0.39, 0.29) is 12.0 Å². The Morgan fingerprint density at radius 3 is 2.44 bits per heavy atom. The lowest BCUT2D eigenvalue weighted by Crippen LogP contribution is -2.30. The van der Waals surface area contributed by atoms with Crippen LogP contribution in [-0.4, -0.2) is 17.8 Å². The molecule has 0 aliphatic heterocycles. The molecule has 102 valence electrons. The molecule has 18 heavy (non-hydrogen) atoms. The number of halogens is 2. The zero-order valence-corrected chi connectivity index (χ0v) is 11.8. The average Bonchev–Trinajstić information content (AvgIpc) is 2.20. The van der Waals surface area contributed by atoms with Crippen molar-refractivity contribution in [2.45, 2.75) is 39.2 Å². The van der Waals surface area contributed by atoms with Crippen LogP contribution in [0.15, 0.2) is 18.2 Å². The first-order chi connectivity index (χ1) is 8.26. The Labute approximate surface area is 113 Å². The van der Waals surface area contributed by atoms with Crippen LogP contribution in [-0.2, 0) is 0 Å². The van der Waals surface area contributed by atoms with Crippen LogP contribution in [0.4, 0.5) is 4.39 Å². The Hall–Kier alpha value is -0.640. The van der Waals surface area contributed by atoms with Crippen LogP contribution in [0, 0.1) is 11.2 Å². The van der Waals surface area contributed by atoms with Gasteiger partial charge < -0.3 is 10.8 Å². The van der Waals surface area contributed by atoms with Gasteiger partial charge in [0.1, 0.15) is 5.82 Å². The molecule has 2 atom stereocenters. The van der Waals surface area contributed by atoms with Crippen LogP contribution in [0.5, 0.6) is 0 Å². The molecule has 0 radical (unpaired) electrons. The summed E-state index contributed by atoms with van der Waals surface area (Å²) in [6, 6.07) is 4.50. The first-order valence-corrected chi connectivity index (χ1v) is 6.46. The van der Waals surface area contributed by atoms with E-state index in [1.807, 2.05) is 20.8 Å². The van der Waals surface area contributed by atoms with Gasteiger partial charge in [-0.2, -0.15) is 0 Å². The summed E-state index contributed by atoms with van der Waals surface area (Å²) in [4.78, 5) is 0. The van der Waals surface area contributed by atoms with Crippen LogP contribution < -0.4 is 5.73 Å². The first kappa shape index (κ1) is 15.4. The SMILES string of the molecule is CC(C)(C)CC(O)C(CN)c1c(F)cccc1Cl. The Bertz CT molecular complexity index is 383. The highest BCUT2D eigenvalue weighted by atomic mass is 35.5.